The fourth-order valence-corrected chi connectivity index (χ4v) is 10.2. The highest BCUT2D eigenvalue weighted by Gasteiger charge is 2.38. The summed E-state index contributed by atoms with van der Waals surface area (Å²) in [6.07, 6.45) is 0. The maximum Gasteiger partial charge on any atom is 0.0587 e. The Labute approximate surface area is 191 Å². The highest BCUT2D eigenvalue weighted by molar-refractivity contribution is 8.26. The second kappa shape index (κ2) is 6.42. The average molecular weight is 446 g/mol. The van der Waals surface area contributed by atoms with Crippen molar-refractivity contribution in [1.29, 1.82) is 0 Å². The molecule has 152 valence electrons. The molecule has 0 saturated carbocycles. The first-order chi connectivity index (χ1) is 15.7. The van der Waals surface area contributed by atoms with Crippen molar-refractivity contribution in [1.82, 2.24) is 4.57 Å². The van der Waals surface area contributed by atoms with Crippen LogP contribution in [0.2, 0.25) is 0 Å². The number of aryl methyl sites for hydroxylation is 1. The SMILES string of the molecule is Cn1c2cc3ccccc3cc2c2ccc3c(c21)P(=S)(c1ccccc1)c1ccccc1-3. The van der Waals surface area contributed by atoms with Crippen molar-refractivity contribution in [3.63, 3.8) is 0 Å². The maximum absolute atomic E-state index is 6.72. The molecule has 0 radical (unpaired) electrons. The summed E-state index contributed by atoms with van der Waals surface area (Å²) in [6, 6.07) is 35.3. The molecule has 0 saturated heterocycles. The highest BCUT2D eigenvalue weighted by Crippen LogP contribution is 2.54. The molecule has 1 unspecified atom stereocenters. The molecule has 3 heteroatoms. The van der Waals surface area contributed by atoms with E-state index in [1.54, 1.807) is 0 Å². The summed E-state index contributed by atoms with van der Waals surface area (Å²) in [5.74, 6) is 0. The van der Waals surface area contributed by atoms with Crippen LogP contribution in [-0.4, -0.2) is 4.57 Å². The van der Waals surface area contributed by atoms with E-state index in [1.165, 1.54) is 59.6 Å². The molecule has 0 aliphatic carbocycles. The molecule has 2 heterocycles. The van der Waals surface area contributed by atoms with Crippen LogP contribution in [0.3, 0.4) is 0 Å². The van der Waals surface area contributed by atoms with Gasteiger partial charge in [-0.25, -0.2) is 0 Å². The Balaban J connectivity index is 1.70. The summed E-state index contributed by atoms with van der Waals surface area (Å²) in [7, 11) is 2.20. The van der Waals surface area contributed by atoms with Crippen molar-refractivity contribution in [3.05, 3.63) is 103 Å². The minimum atomic E-state index is -2.17. The normalized spacial score (nSPS) is 17.2. The van der Waals surface area contributed by atoms with Gasteiger partial charge in [0.15, 0.2) is 0 Å². The zero-order chi connectivity index (χ0) is 21.4. The summed E-state index contributed by atoms with van der Waals surface area (Å²) in [6.45, 7) is 0. The second-order valence-electron chi connectivity index (χ2n) is 8.60. The zero-order valence-corrected chi connectivity index (χ0v) is 19.3. The lowest BCUT2D eigenvalue weighted by Crippen LogP contribution is -2.21. The molecule has 0 amide bonds. The topological polar surface area (TPSA) is 4.93 Å². The molecular weight excluding hydrogens is 425 g/mol. The number of hydrogen-bond donors (Lipinski definition) is 0. The van der Waals surface area contributed by atoms with Crippen molar-refractivity contribution in [2.45, 2.75) is 0 Å². The maximum atomic E-state index is 6.72. The molecule has 0 N–H and O–H groups in total. The lowest BCUT2D eigenvalue weighted by Gasteiger charge is -2.21. The standard InChI is InChI=1S/C29H20NPS/c1-30-26-18-20-10-6-5-9-19(20)17-25(26)23-15-16-24-22-13-7-8-14-27(22)31(32,29(24)28(23)30)21-11-3-2-4-12-21/h2-18H,1H3. The van der Waals surface area contributed by atoms with E-state index in [4.69, 9.17) is 11.8 Å². The molecule has 0 fully saturated rings. The van der Waals surface area contributed by atoms with Gasteiger partial charge in [-0.15, -0.1) is 0 Å². The third-order valence-electron chi connectivity index (χ3n) is 6.97. The van der Waals surface area contributed by atoms with Gasteiger partial charge < -0.3 is 4.57 Å². The van der Waals surface area contributed by atoms with Crippen LogP contribution < -0.4 is 15.9 Å². The monoisotopic (exact) mass is 445 g/mol. The highest BCUT2D eigenvalue weighted by atomic mass is 32.4. The molecule has 1 atom stereocenters. The molecule has 1 aliphatic rings. The van der Waals surface area contributed by atoms with Gasteiger partial charge >= 0.3 is 0 Å². The Hall–Kier alpha value is -3.19. The minimum Gasteiger partial charge on any atom is -0.343 e. The van der Waals surface area contributed by atoms with Crippen molar-refractivity contribution in [2.24, 2.45) is 7.05 Å². The minimum absolute atomic E-state index is 1.26. The Bertz CT molecular complexity index is 1760. The predicted molar refractivity (Wildman–Crippen MR) is 143 cm³/mol. The fourth-order valence-electron chi connectivity index (χ4n) is 5.52. The summed E-state index contributed by atoms with van der Waals surface area (Å²) in [4.78, 5) is 0. The fraction of sp³-hybridized carbons (Fsp3) is 0.0345. The lowest BCUT2D eigenvalue weighted by atomic mass is 10.0. The molecule has 0 spiro atoms. The number of aromatic nitrogens is 1. The average Bonchev–Trinajstić information content (AvgIpc) is 3.28. The van der Waals surface area contributed by atoms with Gasteiger partial charge in [-0.2, -0.15) is 0 Å². The van der Waals surface area contributed by atoms with Gasteiger partial charge in [0.25, 0.3) is 0 Å². The number of nitrogens with zero attached hydrogens (tertiary/aromatic N) is 1. The second-order valence-corrected chi connectivity index (χ2v) is 12.9. The molecule has 32 heavy (non-hydrogen) atoms. The van der Waals surface area contributed by atoms with E-state index in [-0.39, 0.29) is 0 Å². The van der Waals surface area contributed by atoms with Crippen molar-refractivity contribution in [3.8, 4) is 11.1 Å². The predicted octanol–water partition coefficient (Wildman–Crippen LogP) is 6.22. The van der Waals surface area contributed by atoms with Gasteiger partial charge in [0.1, 0.15) is 0 Å². The quantitative estimate of drug-likeness (QED) is 0.272. The van der Waals surface area contributed by atoms with Gasteiger partial charge in [0.2, 0.25) is 0 Å². The third-order valence-corrected chi connectivity index (χ3v) is 11.9. The van der Waals surface area contributed by atoms with Gasteiger partial charge in [0, 0.05) is 40.0 Å². The first kappa shape index (κ1) is 18.4. The van der Waals surface area contributed by atoms with E-state index < -0.39 is 6.04 Å². The Morgan fingerprint density at radius 2 is 1.34 bits per heavy atom. The molecule has 1 aliphatic heterocycles. The van der Waals surface area contributed by atoms with Crippen LogP contribution in [0.25, 0.3) is 43.7 Å². The molecule has 5 aromatic carbocycles. The number of fused-ring (bicyclic) bond motifs is 8. The largest absolute Gasteiger partial charge is 0.343 e. The summed E-state index contributed by atoms with van der Waals surface area (Å²) in [5.41, 5.74) is 5.15. The summed E-state index contributed by atoms with van der Waals surface area (Å²) < 4.78 is 2.38. The van der Waals surface area contributed by atoms with Crippen LogP contribution in [0.4, 0.5) is 0 Å². The molecule has 1 nitrogen and oxygen atoms in total. The molecule has 7 rings (SSSR count). The lowest BCUT2D eigenvalue weighted by molar-refractivity contribution is 1.02. The molecular formula is C29H20NPS. The van der Waals surface area contributed by atoms with E-state index in [1.807, 2.05) is 0 Å². The van der Waals surface area contributed by atoms with Gasteiger partial charge in [-0.05, 0) is 39.3 Å². The van der Waals surface area contributed by atoms with E-state index in [9.17, 15) is 0 Å². The van der Waals surface area contributed by atoms with E-state index >= 15 is 0 Å². The zero-order valence-electron chi connectivity index (χ0n) is 17.6. The van der Waals surface area contributed by atoms with Gasteiger partial charge in [0.05, 0.1) is 5.52 Å². The smallest absolute Gasteiger partial charge is 0.0587 e. The molecule has 0 bridgehead atoms. The Morgan fingerprint density at radius 3 is 2.16 bits per heavy atom. The van der Waals surface area contributed by atoms with Gasteiger partial charge in [-0.3, -0.25) is 0 Å². The molecule has 1 aromatic heterocycles. The van der Waals surface area contributed by atoms with Crippen molar-refractivity contribution < 1.29 is 0 Å². The number of benzene rings is 5. The van der Waals surface area contributed by atoms with Crippen LogP contribution in [-0.2, 0) is 18.9 Å². The van der Waals surface area contributed by atoms with Crippen LogP contribution in [0.5, 0.6) is 0 Å². The molecule has 6 aromatic rings. The Kier molecular flexibility index (Phi) is 3.69. The Morgan fingerprint density at radius 1 is 0.656 bits per heavy atom. The summed E-state index contributed by atoms with van der Waals surface area (Å²) >= 11 is 6.72. The number of rotatable bonds is 1. The van der Waals surface area contributed by atoms with E-state index in [0.29, 0.717) is 0 Å². The van der Waals surface area contributed by atoms with Crippen LogP contribution in [0.1, 0.15) is 0 Å². The van der Waals surface area contributed by atoms with Gasteiger partial charge in [-0.1, -0.05) is 103 Å². The summed E-state index contributed by atoms with van der Waals surface area (Å²) in [5, 5.41) is 9.08. The van der Waals surface area contributed by atoms with Crippen molar-refractivity contribution >= 4 is 66.3 Å². The third kappa shape index (κ3) is 2.21. The van der Waals surface area contributed by atoms with Crippen molar-refractivity contribution in [2.75, 3.05) is 0 Å². The van der Waals surface area contributed by atoms with Crippen LogP contribution >= 0.6 is 6.04 Å². The van der Waals surface area contributed by atoms with E-state index in [2.05, 4.69) is 115 Å². The first-order valence-corrected chi connectivity index (χ1v) is 13.7. The van der Waals surface area contributed by atoms with Crippen LogP contribution in [0.15, 0.2) is 103 Å². The number of hydrogen-bond acceptors (Lipinski definition) is 1. The van der Waals surface area contributed by atoms with E-state index in [0.717, 1.165) is 0 Å². The first-order valence-electron chi connectivity index (χ1n) is 10.9. The van der Waals surface area contributed by atoms with Crippen LogP contribution in [0, 0.1) is 0 Å².